The van der Waals surface area contributed by atoms with Crippen LogP contribution < -0.4 is 5.32 Å². The first-order chi connectivity index (χ1) is 11.4. The van der Waals surface area contributed by atoms with Crippen molar-refractivity contribution in [3.63, 3.8) is 0 Å². The number of nitrogens with one attached hydrogen (secondary N) is 1. The first-order valence-electron chi connectivity index (χ1n) is 8.17. The Morgan fingerprint density at radius 1 is 1.08 bits per heavy atom. The molecule has 124 valence electrons. The summed E-state index contributed by atoms with van der Waals surface area (Å²) in [6.07, 6.45) is 3.80. The van der Waals surface area contributed by atoms with Crippen LogP contribution in [0.5, 0.6) is 0 Å². The summed E-state index contributed by atoms with van der Waals surface area (Å²) >= 11 is 0. The molecule has 0 aliphatic rings. The molecule has 1 amide bonds. The van der Waals surface area contributed by atoms with Crippen molar-refractivity contribution in [2.24, 2.45) is 0 Å². The number of carbonyl (C=O) groups is 1. The second-order valence-corrected chi connectivity index (χ2v) is 6.45. The maximum absolute atomic E-state index is 12.7. The van der Waals surface area contributed by atoms with E-state index in [1.807, 2.05) is 63.5 Å². The van der Waals surface area contributed by atoms with E-state index in [9.17, 15) is 4.79 Å². The van der Waals surface area contributed by atoms with Gasteiger partial charge in [0.25, 0.3) is 5.91 Å². The van der Waals surface area contributed by atoms with Gasteiger partial charge in [0.2, 0.25) is 0 Å². The molecule has 4 heteroatoms. The quantitative estimate of drug-likeness (QED) is 0.797. The lowest BCUT2D eigenvalue weighted by Gasteiger charge is -2.15. The highest BCUT2D eigenvalue weighted by Gasteiger charge is 2.16. The molecule has 0 radical (unpaired) electrons. The molecule has 2 heterocycles. The van der Waals surface area contributed by atoms with Crippen LogP contribution in [0.3, 0.4) is 0 Å². The van der Waals surface area contributed by atoms with Crippen LogP contribution in [-0.4, -0.2) is 15.3 Å². The van der Waals surface area contributed by atoms with E-state index < -0.39 is 0 Å². The first-order valence-corrected chi connectivity index (χ1v) is 8.17. The topological polar surface area (TPSA) is 46.4 Å². The fourth-order valence-electron chi connectivity index (χ4n) is 3.15. The van der Waals surface area contributed by atoms with Crippen LogP contribution in [0.15, 0.2) is 30.6 Å². The van der Waals surface area contributed by atoms with Gasteiger partial charge in [0.1, 0.15) is 5.65 Å². The Labute approximate surface area is 142 Å². The molecule has 0 saturated heterocycles. The van der Waals surface area contributed by atoms with Gasteiger partial charge in [-0.2, -0.15) is 0 Å². The number of rotatable bonds is 3. The maximum atomic E-state index is 12.7. The standard InChI is InChI=1S/C20H23N3O/c1-12-7-6-8-23-17(10-21-19(12)23)11-22-20(24)18-15(4)13(2)9-14(3)16(18)5/h6-10H,11H2,1-5H3,(H,22,24). The monoisotopic (exact) mass is 321 g/mol. The molecule has 0 fully saturated rings. The third-order valence-corrected chi connectivity index (χ3v) is 4.83. The number of pyridine rings is 1. The van der Waals surface area contributed by atoms with Gasteiger partial charge in [0, 0.05) is 11.8 Å². The van der Waals surface area contributed by atoms with Crippen molar-refractivity contribution in [2.45, 2.75) is 41.2 Å². The SMILES string of the molecule is Cc1cc(C)c(C)c(C(=O)NCc2cnc3c(C)cccn23)c1C. The number of hydrogen-bond donors (Lipinski definition) is 1. The van der Waals surface area contributed by atoms with E-state index in [2.05, 4.69) is 16.4 Å². The van der Waals surface area contributed by atoms with Gasteiger partial charge in [0.05, 0.1) is 18.4 Å². The maximum Gasteiger partial charge on any atom is 0.252 e. The van der Waals surface area contributed by atoms with Crippen molar-refractivity contribution in [2.75, 3.05) is 0 Å². The van der Waals surface area contributed by atoms with Crippen LogP contribution in [0.2, 0.25) is 0 Å². The molecule has 0 aliphatic carbocycles. The van der Waals surface area contributed by atoms with Gasteiger partial charge in [-0.3, -0.25) is 4.79 Å². The second kappa shape index (κ2) is 6.11. The van der Waals surface area contributed by atoms with Gasteiger partial charge in [-0.15, -0.1) is 0 Å². The number of aryl methyl sites for hydroxylation is 3. The zero-order valence-corrected chi connectivity index (χ0v) is 14.9. The van der Waals surface area contributed by atoms with E-state index in [0.29, 0.717) is 6.54 Å². The molecule has 0 bridgehead atoms. The van der Waals surface area contributed by atoms with Crippen LogP contribution in [0.4, 0.5) is 0 Å². The van der Waals surface area contributed by atoms with E-state index >= 15 is 0 Å². The zero-order chi connectivity index (χ0) is 17.4. The van der Waals surface area contributed by atoms with Crippen molar-refractivity contribution in [3.05, 3.63) is 69.7 Å². The number of aromatic nitrogens is 2. The highest BCUT2D eigenvalue weighted by atomic mass is 16.1. The Morgan fingerprint density at radius 3 is 2.42 bits per heavy atom. The summed E-state index contributed by atoms with van der Waals surface area (Å²) in [7, 11) is 0. The molecular formula is C20H23N3O. The number of benzene rings is 1. The van der Waals surface area contributed by atoms with E-state index in [0.717, 1.165) is 44.7 Å². The highest BCUT2D eigenvalue weighted by molar-refractivity contribution is 5.97. The fourth-order valence-corrected chi connectivity index (χ4v) is 3.15. The summed E-state index contributed by atoms with van der Waals surface area (Å²) in [4.78, 5) is 17.2. The third-order valence-electron chi connectivity index (χ3n) is 4.83. The minimum Gasteiger partial charge on any atom is -0.346 e. The molecule has 1 aromatic carbocycles. The van der Waals surface area contributed by atoms with Crippen LogP contribution in [-0.2, 0) is 6.54 Å². The number of hydrogen-bond acceptors (Lipinski definition) is 2. The number of amides is 1. The molecule has 0 spiro atoms. The smallest absolute Gasteiger partial charge is 0.252 e. The predicted octanol–water partition coefficient (Wildman–Crippen LogP) is 3.81. The first kappa shape index (κ1) is 16.2. The minimum absolute atomic E-state index is 0.0283. The van der Waals surface area contributed by atoms with Gasteiger partial charge in [0.15, 0.2) is 0 Å². The molecule has 0 aliphatic heterocycles. The van der Waals surface area contributed by atoms with Gasteiger partial charge in [-0.05, 0) is 68.5 Å². The van der Waals surface area contributed by atoms with Crippen molar-refractivity contribution >= 4 is 11.6 Å². The Kier molecular flexibility index (Phi) is 4.14. The molecule has 2 aromatic heterocycles. The van der Waals surface area contributed by atoms with E-state index in [1.165, 1.54) is 0 Å². The third kappa shape index (κ3) is 2.68. The normalized spacial score (nSPS) is 11.0. The molecular weight excluding hydrogens is 298 g/mol. The van der Waals surface area contributed by atoms with Crippen molar-refractivity contribution in [3.8, 4) is 0 Å². The average molecular weight is 321 g/mol. The van der Waals surface area contributed by atoms with E-state index in [1.54, 1.807) is 0 Å². The summed E-state index contributed by atoms with van der Waals surface area (Å²) in [6, 6.07) is 6.16. The number of imidazole rings is 1. The molecule has 24 heavy (non-hydrogen) atoms. The van der Waals surface area contributed by atoms with Gasteiger partial charge in [-0.25, -0.2) is 4.98 Å². The average Bonchev–Trinajstić information content (AvgIpc) is 2.96. The van der Waals surface area contributed by atoms with E-state index in [4.69, 9.17) is 0 Å². The number of carbonyl (C=O) groups excluding carboxylic acids is 1. The Hall–Kier alpha value is -2.62. The molecule has 0 atom stereocenters. The summed E-state index contributed by atoms with van der Waals surface area (Å²) in [5.41, 5.74) is 8.20. The lowest BCUT2D eigenvalue weighted by Crippen LogP contribution is -2.25. The minimum atomic E-state index is -0.0283. The fraction of sp³-hybridized carbons (Fsp3) is 0.300. The predicted molar refractivity (Wildman–Crippen MR) is 96.5 cm³/mol. The largest absolute Gasteiger partial charge is 0.346 e. The van der Waals surface area contributed by atoms with Gasteiger partial charge < -0.3 is 9.72 Å². The van der Waals surface area contributed by atoms with Crippen LogP contribution in [0, 0.1) is 34.6 Å². The lowest BCUT2D eigenvalue weighted by molar-refractivity contribution is 0.0949. The van der Waals surface area contributed by atoms with Crippen molar-refractivity contribution < 1.29 is 4.79 Å². The molecule has 3 aromatic rings. The zero-order valence-electron chi connectivity index (χ0n) is 14.9. The Balaban J connectivity index is 1.87. The highest BCUT2D eigenvalue weighted by Crippen LogP contribution is 2.21. The molecule has 0 saturated carbocycles. The molecule has 1 N–H and O–H groups in total. The Morgan fingerprint density at radius 2 is 1.75 bits per heavy atom. The Bertz CT molecular complexity index is 911. The summed E-state index contributed by atoms with van der Waals surface area (Å²) in [5, 5.41) is 3.05. The van der Waals surface area contributed by atoms with Crippen molar-refractivity contribution in [1.82, 2.24) is 14.7 Å². The van der Waals surface area contributed by atoms with Crippen LogP contribution >= 0.6 is 0 Å². The molecule has 3 rings (SSSR count). The molecule has 4 nitrogen and oxygen atoms in total. The molecule has 0 unspecified atom stereocenters. The van der Waals surface area contributed by atoms with Crippen LogP contribution in [0.1, 0.15) is 43.9 Å². The van der Waals surface area contributed by atoms with Gasteiger partial charge >= 0.3 is 0 Å². The lowest BCUT2D eigenvalue weighted by atomic mass is 9.94. The summed E-state index contributed by atoms with van der Waals surface area (Å²) in [6.45, 7) is 10.6. The van der Waals surface area contributed by atoms with Crippen LogP contribution in [0.25, 0.3) is 5.65 Å². The van der Waals surface area contributed by atoms with E-state index in [-0.39, 0.29) is 5.91 Å². The second-order valence-electron chi connectivity index (χ2n) is 6.45. The summed E-state index contributed by atoms with van der Waals surface area (Å²) < 4.78 is 2.02. The number of fused-ring (bicyclic) bond motifs is 1. The van der Waals surface area contributed by atoms with Gasteiger partial charge in [-0.1, -0.05) is 12.1 Å². The summed E-state index contributed by atoms with van der Waals surface area (Å²) in [5.74, 6) is -0.0283. The van der Waals surface area contributed by atoms with Crippen molar-refractivity contribution in [1.29, 1.82) is 0 Å². The number of nitrogens with zero attached hydrogens (tertiary/aromatic N) is 2.